The molecule has 22 heavy (non-hydrogen) atoms. The third kappa shape index (κ3) is 3.38. The molecule has 0 aromatic heterocycles. The summed E-state index contributed by atoms with van der Waals surface area (Å²) in [7, 11) is 2.95. The standard InChI is InChI=1S/C17H16O5/c1-21-13-9-16(20)14(17(10-13)22-2)7-8-15(19)11-3-5-12(18)6-4-11/h3-10,18,20H,1-2H3/b8-7+. The van der Waals surface area contributed by atoms with E-state index in [9.17, 15) is 15.0 Å². The Morgan fingerprint density at radius 1 is 1.05 bits per heavy atom. The molecule has 2 aromatic rings. The third-order valence-corrected chi connectivity index (χ3v) is 3.10. The van der Waals surface area contributed by atoms with Gasteiger partial charge in [-0.2, -0.15) is 0 Å². The van der Waals surface area contributed by atoms with Crippen molar-refractivity contribution in [2.24, 2.45) is 0 Å². The molecule has 0 radical (unpaired) electrons. The quantitative estimate of drug-likeness (QED) is 0.655. The highest BCUT2D eigenvalue weighted by atomic mass is 16.5. The van der Waals surface area contributed by atoms with Gasteiger partial charge in [0.25, 0.3) is 0 Å². The molecule has 2 rings (SSSR count). The maximum Gasteiger partial charge on any atom is 0.185 e. The van der Waals surface area contributed by atoms with Crippen molar-refractivity contribution in [3.8, 4) is 23.0 Å². The van der Waals surface area contributed by atoms with Crippen LogP contribution in [-0.2, 0) is 0 Å². The molecule has 2 N–H and O–H groups in total. The summed E-state index contributed by atoms with van der Waals surface area (Å²) in [6, 6.07) is 8.97. The van der Waals surface area contributed by atoms with Gasteiger partial charge in [-0.3, -0.25) is 4.79 Å². The lowest BCUT2D eigenvalue weighted by Gasteiger charge is -2.09. The van der Waals surface area contributed by atoms with Crippen molar-refractivity contribution in [2.75, 3.05) is 14.2 Å². The highest BCUT2D eigenvalue weighted by Gasteiger charge is 2.10. The van der Waals surface area contributed by atoms with Gasteiger partial charge in [0.2, 0.25) is 0 Å². The van der Waals surface area contributed by atoms with E-state index in [4.69, 9.17) is 9.47 Å². The summed E-state index contributed by atoms with van der Waals surface area (Å²) in [6.07, 6.45) is 2.80. The van der Waals surface area contributed by atoms with Crippen molar-refractivity contribution in [1.82, 2.24) is 0 Å². The number of ketones is 1. The molecule has 0 aliphatic carbocycles. The van der Waals surface area contributed by atoms with Gasteiger partial charge in [-0.25, -0.2) is 0 Å². The van der Waals surface area contributed by atoms with Crippen LogP contribution >= 0.6 is 0 Å². The molecule has 114 valence electrons. The van der Waals surface area contributed by atoms with Crippen LogP contribution in [0.25, 0.3) is 6.08 Å². The Morgan fingerprint density at radius 3 is 2.32 bits per heavy atom. The van der Waals surface area contributed by atoms with E-state index in [1.807, 2.05) is 0 Å². The van der Waals surface area contributed by atoms with Crippen molar-refractivity contribution >= 4 is 11.9 Å². The van der Waals surface area contributed by atoms with E-state index in [0.29, 0.717) is 22.6 Å². The zero-order valence-electron chi connectivity index (χ0n) is 12.2. The first-order valence-electron chi connectivity index (χ1n) is 6.51. The lowest BCUT2D eigenvalue weighted by atomic mass is 10.1. The van der Waals surface area contributed by atoms with Crippen molar-refractivity contribution in [2.45, 2.75) is 0 Å². The monoisotopic (exact) mass is 300 g/mol. The average molecular weight is 300 g/mol. The molecule has 0 spiro atoms. The van der Waals surface area contributed by atoms with Gasteiger partial charge in [0.05, 0.1) is 19.8 Å². The van der Waals surface area contributed by atoms with Gasteiger partial charge in [-0.15, -0.1) is 0 Å². The molecule has 0 aliphatic rings. The second kappa shape index (κ2) is 6.67. The molecule has 0 atom stereocenters. The van der Waals surface area contributed by atoms with E-state index < -0.39 is 0 Å². The fraction of sp³-hybridized carbons (Fsp3) is 0.118. The summed E-state index contributed by atoms with van der Waals surface area (Å²) < 4.78 is 10.2. The Hall–Kier alpha value is -2.95. The molecule has 0 fully saturated rings. The molecule has 0 amide bonds. The first-order chi connectivity index (χ1) is 10.5. The number of carbonyl (C=O) groups is 1. The summed E-state index contributed by atoms with van der Waals surface area (Å²) in [5.74, 6) is 0.640. The number of phenolic OH excluding ortho intramolecular Hbond substituents is 2. The van der Waals surface area contributed by atoms with Crippen LogP contribution in [0.15, 0.2) is 42.5 Å². The lowest BCUT2D eigenvalue weighted by Crippen LogP contribution is -1.94. The van der Waals surface area contributed by atoms with Crippen molar-refractivity contribution in [3.05, 3.63) is 53.6 Å². The second-order valence-corrected chi connectivity index (χ2v) is 4.51. The van der Waals surface area contributed by atoms with Crippen LogP contribution in [0, 0.1) is 0 Å². The molecule has 0 saturated carbocycles. The summed E-state index contributed by atoms with van der Waals surface area (Å²) >= 11 is 0. The maximum absolute atomic E-state index is 12.0. The molecule has 5 nitrogen and oxygen atoms in total. The average Bonchev–Trinajstić information content (AvgIpc) is 2.53. The topological polar surface area (TPSA) is 76.0 Å². The van der Waals surface area contributed by atoms with Gasteiger partial charge >= 0.3 is 0 Å². The smallest absolute Gasteiger partial charge is 0.185 e. The molecular weight excluding hydrogens is 284 g/mol. The van der Waals surface area contributed by atoms with E-state index in [0.717, 1.165) is 0 Å². The number of rotatable bonds is 5. The number of hydrogen-bond donors (Lipinski definition) is 2. The fourth-order valence-corrected chi connectivity index (χ4v) is 1.92. The van der Waals surface area contributed by atoms with Crippen LogP contribution in [0.3, 0.4) is 0 Å². The van der Waals surface area contributed by atoms with Crippen LogP contribution in [0.2, 0.25) is 0 Å². The molecule has 0 bridgehead atoms. The minimum absolute atomic E-state index is 0.0500. The fourth-order valence-electron chi connectivity index (χ4n) is 1.92. The molecule has 0 unspecified atom stereocenters. The molecule has 0 aliphatic heterocycles. The zero-order valence-corrected chi connectivity index (χ0v) is 12.2. The minimum atomic E-state index is -0.253. The number of phenols is 2. The highest BCUT2D eigenvalue weighted by Crippen LogP contribution is 2.34. The number of ether oxygens (including phenoxy) is 2. The maximum atomic E-state index is 12.0. The normalized spacial score (nSPS) is 10.6. The Kier molecular flexibility index (Phi) is 4.68. The van der Waals surface area contributed by atoms with E-state index >= 15 is 0 Å². The molecular formula is C17H16O5. The Morgan fingerprint density at radius 2 is 1.73 bits per heavy atom. The Balaban J connectivity index is 2.29. The molecule has 0 heterocycles. The van der Waals surface area contributed by atoms with Gasteiger partial charge in [-0.05, 0) is 36.4 Å². The van der Waals surface area contributed by atoms with Crippen molar-refractivity contribution in [1.29, 1.82) is 0 Å². The van der Waals surface area contributed by atoms with E-state index in [-0.39, 0.29) is 17.3 Å². The Labute approximate surface area is 128 Å². The summed E-state index contributed by atoms with van der Waals surface area (Å²) in [5, 5.41) is 19.2. The number of benzene rings is 2. The van der Waals surface area contributed by atoms with E-state index in [1.165, 1.54) is 56.7 Å². The van der Waals surface area contributed by atoms with Gasteiger partial charge in [-0.1, -0.05) is 0 Å². The lowest BCUT2D eigenvalue weighted by molar-refractivity contribution is 0.104. The van der Waals surface area contributed by atoms with Gasteiger partial charge in [0, 0.05) is 17.7 Å². The predicted molar refractivity (Wildman–Crippen MR) is 82.7 cm³/mol. The molecule has 5 heteroatoms. The highest BCUT2D eigenvalue weighted by molar-refractivity contribution is 6.07. The van der Waals surface area contributed by atoms with Crippen LogP contribution in [0.5, 0.6) is 23.0 Å². The zero-order chi connectivity index (χ0) is 16.1. The number of aromatic hydroxyl groups is 2. The van der Waals surface area contributed by atoms with Crippen molar-refractivity contribution < 1.29 is 24.5 Å². The summed E-state index contributed by atoms with van der Waals surface area (Å²) in [4.78, 5) is 12.0. The van der Waals surface area contributed by atoms with Crippen LogP contribution in [-0.4, -0.2) is 30.2 Å². The SMILES string of the molecule is COc1cc(O)c(/C=C/C(=O)c2ccc(O)cc2)c(OC)c1. The third-order valence-electron chi connectivity index (χ3n) is 3.10. The largest absolute Gasteiger partial charge is 0.508 e. The molecule has 2 aromatic carbocycles. The van der Waals surface area contributed by atoms with Gasteiger partial charge in [0.15, 0.2) is 5.78 Å². The van der Waals surface area contributed by atoms with Crippen LogP contribution in [0.1, 0.15) is 15.9 Å². The minimum Gasteiger partial charge on any atom is -0.508 e. The first-order valence-corrected chi connectivity index (χ1v) is 6.51. The number of allylic oxidation sites excluding steroid dienone is 1. The summed E-state index contributed by atoms with van der Waals surface area (Å²) in [6.45, 7) is 0. The summed E-state index contributed by atoms with van der Waals surface area (Å²) in [5.41, 5.74) is 0.816. The number of methoxy groups -OCH3 is 2. The number of carbonyl (C=O) groups excluding carboxylic acids is 1. The van der Waals surface area contributed by atoms with Gasteiger partial charge in [0.1, 0.15) is 23.0 Å². The van der Waals surface area contributed by atoms with Gasteiger partial charge < -0.3 is 19.7 Å². The predicted octanol–water partition coefficient (Wildman–Crippen LogP) is 3.01. The second-order valence-electron chi connectivity index (χ2n) is 4.51. The van der Waals surface area contributed by atoms with Crippen LogP contribution in [0.4, 0.5) is 0 Å². The van der Waals surface area contributed by atoms with E-state index in [2.05, 4.69) is 0 Å². The van der Waals surface area contributed by atoms with E-state index in [1.54, 1.807) is 6.07 Å². The Bertz CT molecular complexity index is 702. The molecule has 0 saturated heterocycles. The number of hydrogen-bond acceptors (Lipinski definition) is 5. The first kappa shape index (κ1) is 15.4. The van der Waals surface area contributed by atoms with Crippen molar-refractivity contribution in [3.63, 3.8) is 0 Å². The van der Waals surface area contributed by atoms with Crippen LogP contribution < -0.4 is 9.47 Å².